The molecule has 5 amide bonds. The summed E-state index contributed by atoms with van der Waals surface area (Å²) < 4.78 is 13.2. The van der Waals surface area contributed by atoms with Crippen LogP contribution in [0, 0.1) is 0 Å². The van der Waals surface area contributed by atoms with Crippen LogP contribution < -0.4 is 11.4 Å². The van der Waals surface area contributed by atoms with Gasteiger partial charge in [-0.2, -0.15) is 10.1 Å². The van der Waals surface area contributed by atoms with Gasteiger partial charge in [0.05, 0.1) is 18.7 Å². The smallest absolute Gasteiger partial charge is 0.418 e. The van der Waals surface area contributed by atoms with Crippen molar-refractivity contribution in [1.82, 2.24) is 34.5 Å². The number of piperidine rings is 2. The minimum atomic E-state index is -0.943. The number of amides is 5. The number of carboxylic acid groups (broad SMARTS) is 1. The van der Waals surface area contributed by atoms with Crippen LogP contribution in [0.2, 0.25) is 0 Å². The van der Waals surface area contributed by atoms with Gasteiger partial charge in [0, 0.05) is 37.9 Å². The maximum Gasteiger partial charge on any atom is 0.418 e. The zero-order valence-corrected chi connectivity index (χ0v) is 39.7. The second-order valence-corrected chi connectivity index (χ2v) is 18.8. The van der Waals surface area contributed by atoms with E-state index < -0.39 is 41.4 Å². The molecule has 4 saturated heterocycles. The lowest BCUT2D eigenvalue weighted by Crippen LogP contribution is -2.49. The fraction of sp³-hybridized carbons (Fsp3) is 0.458. The molecule has 4 fully saturated rings. The van der Waals surface area contributed by atoms with Gasteiger partial charge < -0.3 is 24.4 Å². The predicted molar refractivity (Wildman–Crippen MR) is 246 cm³/mol. The Morgan fingerprint density at radius 1 is 0.609 bits per heavy atom. The maximum atomic E-state index is 12.8. The highest BCUT2D eigenvalue weighted by Gasteiger charge is 2.49. The van der Waals surface area contributed by atoms with Crippen molar-refractivity contribution < 1.29 is 62.7 Å². The van der Waals surface area contributed by atoms with Gasteiger partial charge in [0.1, 0.15) is 43.1 Å². The Hall–Kier alpha value is -6.78. The molecule has 21 nitrogen and oxygen atoms in total. The SMILES string of the molecule is CC(C)(C)OC(=O)n1ccc(CON)c1.CC(C)(C)OC(=O)n1ccc(CONC(=O)[C@@H]2CC[C@@H]3CN2C(=O)N3OCc2ccccc2)c1.O=C(O)[C@@H]1CC[C@@H]2CN1C(=O)N2OCc1ccccc1. The number of rotatable bonds is 13. The summed E-state index contributed by atoms with van der Waals surface area (Å²) in [6.45, 7) is 12.6. The molecule has 4 aliphatic rings. The van der Waals surface area contributed by atoms with E-state index in [9.17, 15) is 28.8 Å². The first-order valence-corrected chi connectivity index (χ1v) is 22.6. The molecule has 372 valence electrons. The van der Waals surface area contributed by atoms with Crippen LogP contribution in [0.25, 0.3) is 0 Å². The lowest BCUT2D eigenvalue weighted by molar-refractivity contribution is -0.143. The normalized spacial score (nSPS) is 19.6. The zero-order valence-electron chi connectivity index (χ0n) is 39.7. The molecular weight excluding hydrogens is 897 g/mol. The van der Waals surface area contributed by atoms with E-state index in [4.69, 9.17) is 35.0 Å². The fourth-order valence-electron chi connectivity index (χ4n) is 7.83. The van der Waals surface area contributed by atoms with E-state index in [1.165, 1.54) is 29.1 Å². The molecular formula is C48H62N8O13. The second-order valence-electron chi connectivity index (χ2n) is 18.8. The average Bonchev–Trinajstić information content (AvgIpc) is 4.08. The van der Waals surface area contributed by atoms with Crippen LogP contribution in [0.3, 0.4) is 0 Å². The van der Waals surface area contributed by atoms with Gasteiger partial charge in [-0.3, -0.25) is 33.3 Å². The highest BCUT2D eigenvalue weighted by atomic mass is 16.7. The summed E-state index contributed by atoms with van der Waals surface area (Å²) in [4.78, 5) is 96.6. The monoisotopic (exact) mass is 958 g/mol. The number of nitrogens with zero attached hydrogens (tertiary/aromatic N) is 6. The number of nitrogens with two attached hydrogens (primary N) is 1. The third-order valence-electron chi connectivity index (χ3n) is 11.0. The number of hydrogen-bond acceptors (Lipinski definition) is 13. The molecule has 4 N–H and O–H groups in total. The molecule has 8 rings (SSSR count). The number of urea groups is 2. The number of ether oxygens (including phenoxy) is 2. The van der Waals surface area contributed by atoms with Gasteiger partial charge in [0.15, 0.2) is 0 Å². The van der Waals surface area contributed by atoms with Crippen LogP contribution >= 0.6 is 0 Å². The number of hydroxylamine groups is 5. The van der Waals surface area contributed by atoms with Gasteiger partial charge in [-0.1, -0.05) is 60.7 Å². The summed E-state index contributed by atoms with van der Waals surface area (Å²) >= 11 is 0. The minimum Gasteiger partial charge on any atom is -0.480 e. The molecule has 0 aliphatic carbocycles. The lowest BCUT2D eigenvalue weighted by atomic mass is 10.0. The largest absolute Gasteiger partial charge is 0.480 e. The number of carboxylic acids is 1. The zero-order chi connectivity index (χ0) is 49.9. The summed E-state index contributed by atoms with van der Waals surface area (Å²) in [5, 5.41) is 11.8. The Kier molecular flexibility index (Phi) is 17.2. The highest BCUT2D eigenvalue weighted by molar-refractivity contribution is 5.88. The molecule has 2 aromatic carbocycles. The molecule has 0 spiro atoms. The van der Waals surface area contributed by atoms with Crippen molar-refractivity contribution in [2.45, 2.75) is 129 Å². The molecule has 2 aromatic heterocycles. The van der Waals surface area contributed by atoms with Crippen LogP contribution in [0.1, 0.15) is 89.5 Å². The Morgan fingerprint density at radius 3 is 1.48 bits per heavy atom. The summed E-state index contributed by atoms with van der Waals surface area (Å²) in [5.41, 5.74) is 4.80. The number of aliphatic carboxylic acids is 1. The van der Waals surface area contributed by atoms with E-state index in [0.717, 1.165) is 16.7 Å². The molecule has 0 unspecified atom stereocenters. The van der Waals surface area contributed by atoms with Crippen molar-refractivity contribution in [3.8, 4) is 0 Å². The van der Waals surface area contributed by atoms with E-state index in [-0.39, 0.29) is 43.3 Å². The molecule has 4 atom stereocenters. The summed E-state index contributed by atoms with van der Waals surface area (Å²) in [5.74, 6) is 3.59. The molecule has 0 radical (unpaired) electrons. The van der Waals surface area contributed by atoms with Crippen LogP contribution in [0.4, 0.5) is 19.2 Å². The van der Waals surface area contributed by atoms with Gasteiger partial charge in [-0.25, -0.2) is 35.3 Å². The third kappa shape index (κ3) is 14.4. The Bertz CT molecular complexity index is 2380. The number of hydrogen-bond donors (Lipinski definition) is 3. The van der Waals surface area contributed by atoms with Crippen molar-refractivity contribution in [1.29, 1.82) is 0 Å². The Morgan fingerprint density at radius 2 is 1.04 bits per heavy atom. The predicted octanol–water partition coefficient (Wildman–Crippen LogP) is 6.35. The number of fused-ring (bicyclic) bond motifs is 4. The number of benzene rings is 2. The number of nitrogens with one attached hydrogen (secondary N) is 1. The molecule has 4 aliphatic heterocycles. The average molecular weight is 959 g/mol. The van der Waals surface area contributed by atoms with E-state index in [1.807, 2.05) is 81.4 Å². The van der Waals surface area contributed by atoms with Crippen molar-refractivity contribution in [3.63, 3.8) is 0 Å². The molecule has 21 heteroatoms. The van der Waals surface area contributed by atoms with Crippen LogP contribution in [0.5, 0.6) is 0 Å². The standard InChI is InChI=1S/C24H30N4O6.C14H16N2O4.C10H16N2O3/c1-24(2,3)34-23(31)26-12-11-18(13-26)15-32-25-21(29)20-10-9-19-14-27(20)22(30)28(19)33-16-17-7-5-4-6-8-17;17-13(18)12-7-6-11-8-15(12)14(19)16(11)20-9-10-4-2-1-3-5-10;1-10(2,3)15-9(13)12-5-4-8(6-12)7-14-11/h4-8,11-13,19-20H,9-10,14-16H2,1-3H3,(H,25,29);1-5,11-12H,6-9H2,(H,17,18);4-6H,7,11H2,1-3H3/t19-,20+;11-,12+;/m11./s1. The van der Waals surface area contributed by atoms with Gasteiger partial charge in [0.25, 0.3) is 5.91 Å². The molecule has 4 aromatic rings. The van der Waals surface area contributed by atoms with Gasteiger partial charge in [-0.15, -0.1) is 0 Å². The van der Waals surface area contributed by atoms with Gasteiger partial charge >= 0.3 is 30.2 Å². The molecule has 69 heavy (non-hydrogen) atoms. The quantitative estimate of drug-likeness (QED) is 0.124. The number of carbonyl (C=O) groups excluding carboxylic acids is 5. The first-order valence-electron chi connectivity index (χ1n) is 22.6. The van der Waals surface area contributed by atoms with Gasteiger partial charge in [0.2, 0.25) is 0 Å². The van der Waals surface area contributed by atoms with Crippen LogP contribution in [0.15, 0.2) is 97.6 Å². The summed E-state index contributed by atoms with van der Waals surface area (Å²) in [6.07, 6.45) is 7.81. The number of carbonyl (C=O) groups is 6. The lowest BCUT2D eigenvalue weighted by Gasteiger charge is -2.28. The van der Waals surface area contributed by atoms with Crippen molar-refractivity contribution in [2.24, 2.45) is 5.90 Å². The first kappa shape index (κ1) is 51.6. The van der Waals surface area contributed by atoms with Crippen molar-refractivity contribution in [3.05, 3.63) is 120 Å². The Balaban J connectivity index is 0.000000189. The summed E-state index contributed by atoms with van der Waals surface area (Å²) in [7, 11) is 0. The highest BCUT2D eigenvalue weighted by Crippen LogP contribution is 2.32. The second kappa shape index (κ2) is 23.0. The topological polar surface area (TPSA) is 239 Å². The van der Waals surface area contributed by atoms with E-state index in [1.54, 1.807) is 57.7 Å². The van der Waals surface area contributed by atoms with Gasteiger partial charge in [-0.05, 0) is 102 Å². The van der Waals surface area contributed by atoms with Crippen LogP contribution in [-0.4, -0.2) is 119 Å². The van der Waals surface area contributed by atoms with E-state index in [0.29, 0.717) is 57.6 Å². The van der Waals surface area contributed by atoms with Crippen molar-refractivity contribution >= 4 is 36.1 Å². The molecule has 6 heterocycles. The minimum absolute atomic E-state index is 0.0400. The fourth-order valence-corrected chi connectivity index (χ4v) is 7.83. The van der Waals surface area contributed by atoms with E-state index >= 15 is 0 Å². The third-order valence-corrected chi connectivity index (χ3v) is 11.0. The first-order chi connectivity index (χ1) is 32.8. The Labute approximate surface area is 400 Å². The molecule has 4 bridgehead atoms. The van der Waals surface area contributed by atoms with Crippen LogP contribution in [-0.2, 0) is 64.8 Å². The van der Waals surface area contributed by atoms with Crippen molar-refractivity contribution in [2.75, 3.05) is 13.1 Å². The molecule has 0 saturated carbocycles. The maximum absolute atomic E-state index is 12.8. The summed E-state index contributed by atoms with van der Waals surface area (Å²) in [6, 6.07) is 20.5. The van der Waals surface area contributed by atoms with E-state index in [2.05, 4.69) is 10.3 Å². The number of aromatic nitrogens is 2.